The van der Waals surface area contributed by atoms with Crippen molar-refractivity contribution < 1.29 is 4.42 Å². The van der Waals surface area contributed by atoms with Gasteiger partial charge < -0.3 is 9.32 Å². The van der Waals surface area contributed by atoms with Gasteiger partial charge >= 0.3 is 0 Å². The fourth-order valence-electron chi connectivity index (χ4n) is 7.64. The molecule has 226 valence electrons. The molecule has 2 aliphatic carbocycles. The molecule has 1 aromatic heterocycles. The van der Waals surface area contributed by atoms with Gasteiger partial charge in [-0.15, -0.1) is 0 Å². The first-order chi connectivity index (χ1) is 23.1. The van der Waals surface area contributed by atoms with Crippen LogP contribution in [-0.2, 0) is 5.41 Å². The van der Waals surface area contributed by atoms with E-state index < -0.39 is 0 Å². The Balaban J connectivity index is 1.15. The maximum Gasteiger partial charge on any atom is 0.227 e. The molecule has 47 heavy (non-hydrogen) atoms. The van der Waals surface area contributed by atoms with Gasteiger partial charge in [-0.25, -0.2) is 4.98 Å². The monoisotopic (exact) mass is 606 g/mol. The van der Waals surface area contributed by atoms with E-state index in [0.717, 1.165) is 45.2 Å². The molecule has 0 N–H and O–H groups in total. The minimum absolute atomic E-state index is 0.0211. The normalized spacial score (nSPS) is 16.0. The van der Waals surface area contributed by atoms with Crippen LogP contribution in [0.2, 0.25) is 0 Å². The van der Waals surface area contributed by atoms with Crippen LogP contribution in [0, 0.1) is 0 Å². The van der Waals surface area contributed by atoms with Gasteiger partial charge in [0.2, 0.25) is 5.89 Å². The van der Waals surface area contributed by atoms with Crippen molar-refractivity contribution in [3.8, 4) is 33.7 Å². The molecule has 0 aliphatic heterocycles. The topological polar surface area (TPSA) is 29.3 Å². The van der Waals surface area contributed by atoms with Gasteiger partial charge in [-0.1, -0.05) is 123 Å². The molecule has 1 unspecified atom stereocenters. The largest absolute Gasteiger partial charge is 0.436 e. The number of hydrogen-bond acceptors (Lipinski definition) is 3. The zero-order valence-corrected chi connectivity index (χ0v) is 26.5. The molecule has 0 saturated carbocycles. The van der Waals surface area contributed by atoms with E-state index in [0.29, 0.717) is 5.89 Å². The Hall–Kier alpha value is -5.67. The zero-order chi connectivity index (χ0) is 31.5. The summed E-state index contributed by atoms with van der Waals surface area (Å²) >= 11 is 0. The molecule has 0 amide bonds. The smallest absolute Gasteiger partial charge is 0.227 e. The Bertz CT molecular complexity index is 2360. The number of hydrogen-bond donors (Lipinski definition) is 0. The van der Waals surface area contributed by atoms with Gasteiger partial charge in [-0.05, 0) is 87.7 Å². The molecule has 2 aliphatic rings. The minimum Gasteiger partial charge on any atom is -0.436 e. The highest BCUT2D eigenvalue weighted by atomic mass is 16.3. The number of allylic oxidation sites excluding steroid dienone is 2. The Morgan fingerprint density at radius 1 is 0.681 bits per heavy atom. The van der Waals surface area contributed by atoms with Crippen LogP contribution in [0.1, 0.15) is 31.4 Å². The number of oxazole rings is 1. The van der Waals surface area contributed by atoms with Gasteiger partial charge in [0.15, 0.2) is 5.58 Å². The summed E-state index contributed by atoms with van der Waals surface area (Å²) in [5, 5.41) is 2.23. The zero-order valence-electron chi connectivity index (χ0n) is 26.5. The molecule has 7 aromatic rings. The second-order valence-electron chi connectivity index (χ2n) is 13.1. The second kappa shape index (κ2) is 10.7. The number of fused-ring (bicyclic) bond motifs is 6. The summed E-state index contributed by atoms with van der Waals surface area (Å²) in [4.78, 5) is 7.44. The van der Waals surface area contributed by atoms with Crippen LogP contribution in [0.3, 0.4) is 0 Å². The lowest BCUT2D eigenvalue weighted by atomic mass is 9.82. The summed E-state index contributed by atoms with van der Waals surface area (Å²) in [5.74, 6) is 0.643. The summed E-state index contributed by atoms with van der Waals surface area (Å²) in [6.45, 7) is 4.68. The average molecular weight is 607 g/mol. The fraction of sp³-hybridized carbons (Fsp3) is 0.114. The fourth-order valence-corrected chi connectivity index (χ4v) is 7.64. The summed E-state index contributed by atoms with van der Waals surface area (Å²) < 4.78 is 6.24. The van der Waals surface area contributed by atoms with Gasteiger partial charge in [-0.3, -0.25) is 0 Å². The van der Waals surface area contributed by atoms with E-state index in [1.54, 1.807) is 0 Å². The SMILES string of the molecule is CC1(C)c2ccccc2-c2c(-c3ccc(N(c4ccc5ccc6oc(-c7ccccc7)nc6c5c4)C4C=CC=CC4)cc3)cccc21. The van der Waals surface area contributed by atoms with Gasteiger partial charge in [-0.2, -0.15) is 0 Å². The Kier molecular flexibility index (Phi) is 6.29. The Morgan fingerprint density at radius 2 is 1.43 bits per heavy atom. The van der Waals surface area contributed by atoms with Crippen molar-refractivity contribution in [2.75, 3.05) is 4.90 Å². The third-order valence-electron chi connectivity index (χ3n) is 10.0. The number of anilines is 2. The minimum atomic E-state index is -0.0211. The quantitative estimate of drug-likeness (QED) is 0.195. The number of rotatable bonds is 5. The van der Waals surface area contributed by atoms with E-state index in [1.807, 2.05) is 36.4 Å². The number of nitrogens with zero attached hydrogens (tertiary/aromatic N) is 2. The van der Waals surface area contributed by atoms with E-state index in [9.17, 15) is 0 Å². The maximum atomic E-state index is 6.24. The van der Waals surface area contributed by atoms with Crippen molar-refractivity contribution in [3.63, 3.8) is 0 Å². The highest BCUT2D eigenvalue weighted by Crippen LogP contribution is 2.52. The van der Waals surface area contributed by atoms with Crippen molar-refractivity contribution in [3.05, 3.63) is 163 Å². The second-order valence-corrected chi connectivity index (χ2v) is 13.1. The molecule has 0 saturated heterocycles. The predicted octanol–water partition coefficient (Wildman–Crippen LogP) is 11.6. The van der Waals surface area contributed by atoms with E-state index >= 15 is 0 Å². The molecule has 0 radical (unpaired) electrons. The lowest BCUT2D eigenvalue weighted by Crippen LogP contribution is -2.29. The molecule has 6 aromatic carbocycles. The first-order valence-corrected chi connectivity index (χ1v) is 16.4. The van der Waals surface area contributed by atoms with Gasteiger partial charge in [0.05, 0.1) is 6.04 Å². The van der Waals surface area contributed by atoms with Crippen molar-refractivity contribution in [2.45, 2.75) is 31.7 Å². The van der Waals surface area contributed by atoms with E-state index in [1.165, 1.54) is 33.4 Å². The summed E-state index contributed by atoms with van der Waals surface area (Å²) in [5.41, 5.74) is 12.9. The van der Waals surface area contributed by atoms with Crippen LogP contribution in [0.15, 0.2) is 156 Å². The predicted molar refractivity (Wildman–Crippen MR) is 195 cm³/mol. The Labute approximate surface area is 275 Å². The van der Waals surface area contributed by atoms with Crippen molar-refractivity contribution in [1.29, 1.82) is 0 Å². The van der Waals surface area contributed by atoms with Crippen LogP contribution in [0.4, 0.5) is 11.4 Å². The van der Waals surface area contributed by atoms with Crippen LogP contribution < -0.4 is 4.90 Å². The number of benzene rings is 6. The van der Waals surface area contributed by atoms with Gasteiger partial charge in [0.25, 0.3) is 0 Å². The number of aromatic nitrogens is 1. The highest BCUT2D eigenvalue weighted by molar-refractivity contribution is 6.05. The summed E-state index contributed by atoms with van der Waals surface area (Å²) in [6.07, 6.45) is 9.77. The van der Waals surface area contributed by atoms with Crippen LogP contribution in [-0.4, -0.2) is 11.0 Å². The summed E-state index contributed by atoms with van der Waals surface area (Å²) in [7, 11) is 0. The first kappa shape index (κ1) is 27.6. The van der Waals surface area contributed by atoms with Gasteiger partial charge in [0, 0.05) is 27.7 Å². The van der Waals surface area contributed by atoms with Crippen molar-refractivity contribution in [1.82, 2.24) is 4.98 Å². The third-order valence-corrected chi connectivity index (χ3v) is 10.0. The molecule has 0 fully saturated rings. The van der Waals surface area contributed by atoms with Crippen LogP contribution >= 0.6 is 0 Å². The molecule has 1 heterocycles. The molecular formula is C44H34N2O. The van der Waals surface area contributed by atoms with Crippen LogP contribution in [0.25, 0.3) is 55.6 Å². The molecule has 3 heteroatoms. The lowest BCUT2D eigenvalue weighted by Gasteiger charge is -2.33. The summed E-state index contributed by atoms with van der Waals surface area (Å²) in [6, 6.07) is 46.0. The van der Waals surface area contributed by atoms with Crippen LogP contribution in [0.5, 0.6) is 0 Å². The standard InChI is InChI=1S/C44H34N2O/c1-44(2)38-18-10-9-16-36(38)41-35(17-11-19-39(41)44)29-20-24-33(25-21-29)46(32-14-7-4-8-15-32)34-26-22-30-23-27-40-42(37(30)28-34)45-43(47-40)31-12-5-3-6-13-31/h3-14,16-28,32H,15H2,1-2H3. The first-order valence-electron chi connectivity index (χ1n) is 16.4. The molecule has 0 bridgehead atoms. The maximum absolute atomic E-state index is 6.24. The van der Waals surface area contributed by atoms with Gasteiger partial charge in [0.1, 0.15) is 5.52 Å². The van der Waals surface area contributed by atoms with Crippen molar-refractivity contribution >= 4 is 33.2 Å². The van der Waals surface area contributed by atoms with Crippen molar-refractivity contribution in [2.24, 2.45) is 0 Å². The lowest BCUT2D eigenvalue weighted by molar-refractivity contribution is 0.620. The van der Waals surface area contributed by atoms with E-state index in [-0.39, 0.29) is 11.5 Å². The molecule has 3 nitrogen and oxygen atoms in total. The highest BCUT2D eigenvalue weighted by Gasteiger charge is 2.36. The molecule has 0 spiro atoms. The molecule has 1 atom stereocenters. The average Bonchev–Trinajstić information content (AvgIpc) is 3.67. The molecular weight excluding hydrogens is 572 g/mol. The van der Waals surface area contributed by atoms with E-state index in [4.69, 9.17) is 9.40 Å². The Morgan fingerprint density at radius 3 is 2.26 bits per heavy atom. The third kappa shape index (κ3) is 4.45. The molecule has 9 rings (SSSR count). The van der Waals surface area contributed by atoms with E-state index in [2.05, 4.69) is 134 Å².